The zero-order chi connectivity index (χ0) is 19.7. The number of ether oxygens (including phenoxy) is 1. The number of imide groups is 1. The Morgan fingerprint density at radius 2 is 1.75 bits per heavy atom. The van der Waals surface area contributed by atoms with E-state index in [1.165, 1.54) is 4.90 Å². The first-order chi connectivity index (χ1) is 13.6. The van der Waals surface area contributed by atoms with Crippen LogP contribution in [-0.2, 0) is 9.59 Å². The lowest BCUT2D eigenvalue weighted by molar-refractivity contribution is -0.122. The van der Waals surface area contributed by atoms with E-state index in [0.717, 1.165) is 0 Å². The molecule has 0 N–H and O–H groups in total. The maximum absolute atomic E-state index is 12.8. The van der Waals surface area contributed by atoms with Gasteiger partial charge in [-0.3, -0.25) is 19.3 Å². The third-order valence-electron chi connectivity index (χ3n) is 5.43. The van der Waals surface area contributed by atoms with E-state index >= 15 is 0 Å². The summed E-state index contributed by atoms with van der Waals surface area (Å²) in [5, 5.41) is 0. The second-order valence-electron chi connectivity index (χ2n) is 7.24. The fourth-order valence-electron chi connectivity index (χ4n) is 3.95. The smallest absolute Gasteiger partial charge is 0.238 e. The van der Waals surface area contributed by atoms with E-state index in [-0.39, 0.29) is 42.0 Å². The number of Topliss-reactive ketones (excluding diaryl/α,β-unsaturated/α-hetero) is 1. The number of fused-ring (bicyclic) bond motifs is 1. The minimum atomic E-state index is -0.281. The summed E-state index contributed by atoms with van der Waals surface area (Å²) in [6, 6.07) is 15.7. The highest BCUT2D eigenvalue weighted by molar-refractivity contribution is 6.22. The average molecular weight is 375 g/mol. The Hall–Kier alpha value is -3.21. The van der Waals surface area contributed by atoms with Gasteiger partial charge in [-0.1, -0.05) is 49.4 Å². The zero-order valence-electron chi connectivity index (χ0n) is 15.6. The van der Waals surface area contributed by atoms with E-state index in [9.17, 15) is 14.4 Å². The van der Waals surface area contributed by atoms with Gasteiger partial charge < -0.3 is 4.74 Å². The number of rotatable bonds is 5. The van der Waals surface area contributed by atoms with Gasteiger partial charge in [0.05, 0.1) is 17.5 Å². The third kappa shape index (κ3) is 3.24. The number of nitrogens with zero attached hydrogens (tertiary/aromatic N) is 1. The minimum Gasteiger partial charge on any atom is -0.485 e. The number of amides is 2. The monoisotopic (exact) mass is 375 g/mol. The number of hydrogen-bond donors (Lipinski definition) is 0. The van der Waals surface area contributed by atoms with E-state index < -0.39 is 0 Å². The summed E-state index contributed by atoms with van der Waals surface area (Å²) in [5.74, 6) is -0.366. The van der Waals surface area contributed by atoms with E-state index in [2.05, 4.69) is 0 Å². The summed E-state index contributed by atoms with van der Waals surface area (Å²) < 4.78 is 5.56. The maximum atomic E-state index is 12.8. The van der Waals surface area contributed by atoms with Crippen molar-refractivity contribution in [1.82, 2.24) is 0 Å². The van der Waals surface area contributed by atoms with Gasteiger partial charge in [-0.25, -0.2) is 0 Å². The first-order valence-electron chi connectivity index (χ1n) is 9.42. The minimum absolute atomic E-state index is 0.0619. The summed E-state index contributed by atoms with van der Waals surface area (Å²) in [6.07, 6.45) is 4.61. The van der Waals surface area contributed by atoms with Gasteiger partial charge in [-0.2, -0.15) is 0 Å². The molecule has 1 aliphatic heterocycles. The quantitative estimate of drug-likeness (QED) is 0.455. The average Bonchev–Trinajstić information content (AvgIpc) is 2.98. The van der Waals surface area contributed by atoms with E-state index in [4.69, 9.17) is 4.74 Å². The normalized spacial score (nSPS) is 23.6. The van der Waals surface area contributed by atoms with Crippen LogP contribution in [0.4, 0.5) is 5.69 Å². The highest BCUT2D eigenvalue weighted by Gasteiger charge is 2.50. The summed E-state index contributed by atoms with van der Waals surface area (Å²) in [5.41, 5.74) is 1.14. The van der Waals surface area contributed by atoms with Crippen molar-refractivity contribution in [2.75, 3.05) is 11.5 Å². The summed E-state index contributed by atoms with van der Waals surface area (Å²) in [4.78, 5) is 39.0. The van der Waals surface area contributed by atoms with Crippen molar-refractivity contribution >= 4 is 23.3 Å². The Labute approximate surface area is 163 Å². The number of allylic oxidation sites excluding steroid dienone is 2. The highest BCUT2D eigenvalue weighted by atomic mass is 16.5. The van der Waals surface area contributed by atoms with Crippen molar-refractivity contribution in [2.45, 2.75) is 13.3 Å². The number of anilines is 1. The molecule has 1 heterocycles. The van der Waals surface area contributed by atoms with Crippen LogP contribution in [0, 0.1) is 17.8 Å². The van der Waals surface area contributed by atoms with Crippen molar-refractivity contribution < 1.29 is 19.1 Å². The van der Waals surface area contributed by atoms with Crippen molar-refractivity contribution in [3.05, 3.63) is 72.3 Å². The van der Waals surface area contributed by atoms with Gasteiger partial charge in [0.15, 0.2) is 12.4 Å². The zero-order valence-corrected chi connectivity index (χ0v) is 15.6. The molecule has 142 valence electrons. The van der Waals surface area contributed by atoms with Crippen molar-refractivity contribution in [2.24, 2.45) is 17.8 Å². The Balaban J connectivity index is 1.44. The molecule has 5 nitrogen and oxygen atoms in total. The Morgan fingerprint density at radius 3 is 2.43 bits per heavy atom. The molecule has 0 unspecified atom stereocenters. The Kier molecular flexibility index (Phi) is 4.82. The topological polar surface area (TPSA) is 63.7 Å². The second-order valence-corrected chi connectivity index (χ2v) is 7.24. The van der Waals surface area contributed by atoms with Crippen molar-refractivity contribution in [1.29, 1.82) is 0 Å². The molecule has 1 fully saturated rings. The molecule has 2 aromatic rings. The highest BCUT2D eigenvalue weighted by Crippen LogP contribution is 2.40. The molecule has 2 amide bonds. The van der Waals surface area contributed by atoms with E-state index in [1.54, 1.807) is 48.5 Å². The number of carbonyl (C=O) groups is 3. The molecule has 3 atom stereocenters. The number of ketones is 1. The van der Waals surface area contributed by atoms with Gasteiger partial charge in [-0.15, -0.1) is 0 Å². The largest absolute Gasteiger partial charge is 0.485 e. The van der Waals surface area contributed by atoms with Crippen LogP contribution in [0.15, 0.2) is 66.7 Å². The summed E-state index contributed by atoms with van der Waals surface area (Å²) >= 11 is 0. The predicted molar refractivity (Wildman–Crippen MR) is 105 cm³/mol. The SMILES string of the molecule is C[C@@H]1C=CC[C@H]2C(=O)N(c3ccc(OCC(=O)c4ccccc4)cc3)C(=O)[C@H]12. The molecule has 0 radical (unpaired) electrons. The molecule has 28 heavy (non-hydrogen) atoms. The molecule has 0 bridgehead atoms. The van der Waals surface area contributed by atoms with Crippen LogP contribution in [0.2, 0.25) is 0 Å². The van der Waals surface area contributed by atoms with E-state index in [0.29, 0.717) is 23.4 Å². The van der Waals surface area contributed by atoms with Crippen LogP contribution < -0.4 is 9.64 Å². The maximum Gasteiger partial charge on any atom is 0.238 e. The van der Waals surface area contributed by atoms with Crippen LogP contribution >= 0.6 is 0 Å². The summed E-state index contributed by atoms with van der Waals surface area (Å²) in [6.45, 7) is 1.90. The third-order valence-corrected chi connectivity index (χ3v) is 5.43. The molecule has 0 spiro atoms. The molecule has 1 aliphatic carbocycles. The first kappa shape index (κ1) is 18.2. The molecular formula is C23H21NO4. The van der Waals surface area contributed by atoms with Gasteiger partial charge in [-0.05, 0) is 36.6 Å². The molecule has 0 aromatic heterocycles. The standard InChI is InChI=1S/C23H21NO4/c1-15-6-5-9-19-21(15)23(27)24(22(19)26)17-10-12-18(13-11-17)28-14-20(25)16-7-3-2-4-8-16/h2-8,10-13,15,19,21H,9,14H2,1H3/t15-,19-,21-/m1/s1. The lowest BCUT2D eigenvalue weighted by Crippen LogP contribution is -2.31. The predicted octanol–water partition coefficient (Wildman–Crippen LogP) is 3.65. The molecule has 2 aliphatic rings. The number of hydrogen-bond acceptors (Lipinski definition) is 4. The molecule has 2 aromatic carbocycles. The van der Waals surface area contributed by atoms with Gasteiger partial charge in [0.2, 0.25) is 11.8 Å². The molecule has 0 saturated carbocycles. The molecular weight excluding hydrogens is 354 g/mol. The first-order valence-corrected chi connectivity index (χ1v) is 9.42. The van der Waals surface area contributed by atoms with Gasteiger partial charge in [0.25, 0.3) is 0 Å². The van der Waals surface area contributed by atoms with Gasteiger partial charge in [0, 0.05) is 5.56 Å². The van der Waals surface area contributed by atoms with Crippen LogP contribution in [0.1, 0.15) is 23.7 Å². The lowest BCUT2D eigenvalue weighted by Gasteiger charge is -2.22. The summed E-state index contributed by atoms with van der Waals surface area (Å²) in [7, 11) is 0. The van der Waals surface area contributed by atoms with Crippen molar-refractivity contribution in [3.8, 4) is 5.75 Å². The van der Waals surface area contributed by atoms with E-state index in [1.807, 2.05) is 25.1 Å². The number of benzene rings is 2. The fraction of sp³-hybridized carbons (Fsp3) is 0.261. The van der Waals surface area contributed by atoms with Crippen molar-refractivity contribution in [3.63, 3.8) is 0 Å². The lowest BCUT2D eigenvalue weighted by atomic mass is 9.78. The van der Waals surface area contributed by atoms with Gasteiger partial charge >= 0.3 is 0 Å². The Morgan fingerprint density at radius 1 is 1.04 bits per heavy atom. The van der Waals surface area contributed by atoms with Crippen LogP contribution in [0.5, 0.6) is 5.75 Å². The second kappa shape index (κ2) is 7.43. The molecule has 4 rings (SSSR count). The molecule has 5 heteroatoms. The van der Waals surface area contributed by atoms with Crippen LogP contribution in [-0.4, -0.2) is 24.2 Å². The van der Waals surface area contributed by atoms with Crippen LogP contribution in [0.25, 0.3) is 0 Å². The van der Waals surface area contributed by atoms with Crippen LogP contribution in [0.3, 0.4) is 0 Å². The molecule has 1 saturated heterocycles. The number of carbonyl (C=O) groups excluding carboxylic acids is 3. The Bertz CT molecular complexity index is 933. The fourth-order valence-corrected chi connectivity index (χ4v) is 3.95. The van der Waals surface area contributed by atoms with Gasteiger partial charge in [0.1, 0.15) is 5.75 Å².